The molecule has 2 aliphatic heterocycles. The van der Waals surface area contributed by atoms with E-state index in [4.69, 9.17) is 0 Å². The zero-order valence-corrected chi connectivity index (χ0v) is 12.1. The van der Waals surface area contributed by atoms with Gasteiger partial charge >= 0.3 is 0 Å². The second-order valence-electron chi connectivity index (χ2n) is 6.00. The van der Waals surface area contributed by atoms with Crippen molar-refractivity contribution >= 4 is 0 Å². The topological polar surface area (TPSA) is 18.5 Å². The van der Waals surface area contributed by atoms with Crippen LogP contribution in [0.2, 0.25) is 0 Å². The summed E-state index contributed by atoms with van der Waals surface area (Å²) in [5.74, 6) is 0.895. The van der Waals surface area contributed by atoms with Crippen LogP contribution in [0.25, 0.3) is 0 Å². The Morgan fingerprint density at radius 3 is 2.61 bits per heavy atom. The number of likely N-dealkylation sites (tertiary alicyclic amines) is 1. The molecule has 1 atom stereocenters. The third-order valence-corrected chi connectivity index (χ3v) is 4.26. The summed E-state index contributed by atoms with van der Waals surface area (Å²) in [4.78, 5) is 5.14. The van der Waals surface area contributed by atoms with Crippen molar-refractivity contribution in [2.24, 2.45) is 5.92 Å². The molecule has 0 aromatic heterocycles. The fraction of sp³-hybridized carbons (Fsp3) is 0.867. The fourth-order valence-corrected chi connectivity index (χ4v) is 2.93. The Morgan fingerprint density at radius 2 is 1.94 bits per heavy atom. The number of nitrogens with one attached hydrogen (secondary N) is 1. The Balaban J connectivity index is 1.60. The van der Waals surface area contributed by atoms with E-state index in [1.807, 2.05) is 0 Å². The Bertz CT molecular complexity index is 256. The lowest BCUT2D eigenvalue weighted by molar-refractivity contribution is 0.263. The van der Waals surface area contributed by atoms with E-state index < -0.39 is 0 Å². The molecule has 18 heavy (non-hydrogen) atoms. The van der Waals surface area contributed by atoms with E-state index in [1.165, 1.54) is 39.0 Å². The second kappa shape index (κ2) is 7.27. The van der Waals surface area contributed by atoms with Gasteiger partial charge in [-0.15, -0.1) is 0 Å². The van der Waals surface area contributed by atoms with Crippen molar-refractivity contribution in [3.63, 3.8) is 0 Å². The molecule has 2 saturated heterocycles. The van der Waals surface area contributed by atoms with Gasteiger partial charge in [-0.3, -0.25) is 4.90 Å². The minimum Gasteiger partial charge on any atom is -0.314 e. The average Bonchev–Trinajstić information content (AvgIpc) is 2.85. The lowest BCUT2D eigenvalue weighted by Gasteiger charge is -2.25. The van der Waals surface area contributed by atoms with Gasteiger partial charge in [0, 0.05) is 45.3 Å². The van der Waals surface area contributed by atoms with Crippen molar-refractivity contribution in [1.29, 1.82) is 0 Å². The van der Waals surface area contributed by atoms with Gasteiger partial charge in [0.15, 0.2) is 0 Å². The molecule has 0 spiro atoms. The van der Waals surface area contributed by atoms with Crippen LogP contribution in [0.15, 0.2) is 12.2 Å². The summed E-state index contributed by atoms with van der Waals surface area (Å²) in [5.41, 5.74) is 0. The number of hydrogen-bond acceptors (Lipinski definition) is 3. The largest absolute Gasteiger partial charge is 0.314 e. The van der Waals surface area contributed by atoms with Gasteiger partial charge in [-0.1, -0.05) is 12.2 Å². The third-order valence-electron chi connectivity index (χ3n) is 4.26. The quantitative estimate of drug-likeness (QED) is 0.748. The number of hydrogen-bond donors (Lipinski definition) is 1. The van der Waals surface area contributed by atoms with Crippen LogP contribution in [-0.2, 0) is 0 Å². The SMILES string of the molecule is CC(C)N1CCC(C/C=C\CN2CCNCC2)C1. The highest BCUT2D eigenvalue weighted by molar-refractivity contribution is 4.90. The summed E-state index contributed by atoms with van der Waals surface area (Å²) < 4.78 is 0. The van der Waals surface area contributed by atoms with Gasteiger partial charge in [0.25, 0.3) is 0 Å². The Labute approximate surface area is 112 Å². The minimum absolute atomic E-state index is 0.722. The summed E-state index contributed by atoms with van der Waals surface area (Å²) in [6, 6.07) is 0.722. The Hall–Kier alpha value is -0.380. The van der Waals surface area contributed by atoms with Crippen LogP contribution in [0.4, 0.5) is 0 Å². The highest BCUT2D eigenvalue weighted by Gasteiger charge is 2.22. The number of allylic oxidation sites excluding steroid dienone is 1. The van der Waals surface area contributed by atoms with Crippen LogP contribution in [0.3, 0.4) is 0 Å². The molecule has 0 bridgehead atoms. The Kier molecular flexibility index (Phi) is 5.67. The number of nitrogens with zero attached hydrogens (tertiary/aromatic N) is 2. The molecule has 0 aromatic rings. The standard InChI is InChI=1S/C15H29N3/c1-14(2)18-10-6-15(13-18)5-3-4-9-17-11-7-16-8-12-17/h3-4,14-16H,5-13H2,1-2H3/b4-3-. The molecule has 1 unspecified atom stereocenters. The zero-order valence-electron chi connectivity index (χ0n) is 12.1. The van der Waals surface area contributed by atoms with Gasteiger partial charge in [0.1, 0.15) is 0 Å². The molecule has 2 fully saturated rings. The van der Waals surface area contributed by atoms with Crippen LogP contribution in [0.1, 0.15) is 26.7 Å². The van der Waals surface area contributed by atoms with E-state index in [0.29, 0.717) is 0 Å². The van der Waals surface area contributed by atoms with Gasteiger partial charge in [-0.05, 0) is 39.2 Å². The van der Waals surface area contributed by atoms with E-state index in [-0.39, 0.29) is 0 Å². The predicted molar refractivity (Wildman–Crippen MR) is 77.9 cm³/mol. The monoisotopic (exact) mass is 251 g/mol. The molecule has 0 amide bonds. The van der Waals surface area contributed by atoms with E-state index in [9.17, 15) is 0 Å². The summed E-state index contributed by atoms with van der Waals surface area (Å²) in [6.45, 7) is 13.1. The first-order chi connectivity index (χ1) is 8.75. The van der Waals surface area contributed by atoms with E-state index >= 15 is 0 Å². The third kappa shape index (κ3) is 4.38. The summed E-state index contributed by atoms with van der Waals surface area (Å²) in [6.07, 6.45) is 7.45. The minimum atomic E-state index is 0.722. The van der Waals surface area contributed by atoms with E-state index in [2.05, 4.69) is 41.1 Å². The first-order valence-electron chi connectivity index (χ1n) is 7.58. The normalized spacial score (nSPS) is 27.6. The number of piperazine rings is 1. The van der Waals surface area contributed by atoms with E-state index in [1.54, 1.807) is 0 Å². The molecule has 2 aliphatic rings. The van der Waals surface area contributed by atoms with Crippen LogP contribution in [0, 0.1) is 5.92 Å². The molecule has 0 aliphatic carbocycles. The van der Waals surface area contributed by atoms with Gasteiger partial charge < -0.3 is 10.2 Å². The molecular weight excluding hydrogens is 222 g/mol. The summed E-state index contributed by atoms with van der Waals surface area (Å²) in [7, 11) is 0. The van der Waals surface area contributed by atoms with E-state index in [0.717, 1.165) is 31.6 Å². The maximum absolute atomic E-state index is 3.39. The zero-order chi connectivity index (χ0) is 12.8. The molecule has 2 heterocycles. The van der Waals surface area contributed by atoms with Crippen LogP contribution in [0.5, 0.6) is 0 Å². The molecule has 104 valence electrons. The highest BCUT2D eigenvalue weighted by atomic mass is 15.2. The van der Waals surface area contributed by atoms with Gasteiger partial charge in [0.2, 0.25) is 0 Å². The fourth-order valence-electron chi connectivity index (χ4n) is 2.93. The van der Waals surface area contributed by atoms with Crippen molar-refractivity contribution in [3.05, 3.63) is 12.2 Å². The molecule has 3 heteroatoms. The lowest BCUT2D eigenvalue weighted by Crippen LogP contribution is -2.43. The second-order valence-corrected chi connectivity index (χ2v) is 6.00. The average molecular weight is 251 g/mol. The van der Waals surface area contributed by atoms with Crippen LogP contribution < -0.4 is 5.32 Å². The molecule has 0 saturated carbocycles. The van der Waals surface area contributed by atoms with Gasteiger partial charge in [0.05, 0.1) is 0 Å². The highest BCUT2D eigenvalue weighted by Crippen LogP contribution is 2.21. The van der Waals surface area contributed by atoms with Crippen molar-refractivity contribution in [3.8, 4) is 0 Å². The maximum Gasteiger partial charge on any atom is 0.0164 e. The first-order valence-corrected chi connectivity index (χ1v) is 7.58. The van der Waals surface area contributed by atoms with Crippen LogP contribution >= 0.6 is 0 Å². The molecular formula is C15H29N3. The lowest BCUT2D eigenvalue weighted by atomic mass is 10.0. The molecule has 0 aromatic carbocycles. The van der Waals surface area contributed by atoms with Gasteiger partial charge in [-0.2, -0.15) is 0 Å². The van der Waals surface area contributed by atoms with Crippen molar-refractivity contribution in [2.75, 3.05) is 45.8 Å². The summed E-state index contributed by atoms with van der Waals surface area (Å²) in [5, 5.41) is 3.39. The maximum atomic E-state index is 3.39. The first kappa shape index (κ1) is 14.0. The van der Waals surface area contributed by atoms with Crippen molar-refractivity contribution in [2.45, 2.75) is 32.7 Å². The molecule has 1 N–H and O–H groups in total. The molecule has 2 rings (SSSR count). The van der Waals surface area contributed by atoms with Gasteiger partial charge in [-0.25, -0.2) is 0 Å². The number of rotatable bonds is 5. The van der Waals surface area contributed by atoms with Crippen molar-refractivity contribution < 1.29 is 0 Å². The molecule has 0 radical (unpaired) electrons. The Morgan fingerprint density at radius 1 is 1.17 bits per heavy atom. The smallest absolute Gasteiger partial charge is 0.0164 e. The predicted octanol–water partition coefficient (Wildman–Crippen LogP) is 1.57. The van der Waals surface area contributed by atoms with Crippen molar-refractivity contribution in [1.82, 2.24) is 15.1 Å². The summed E-state index contributed by atoms with van der Waals surface area (Å²) >= 11 is 0. The molecule has 3 nitrogen and oxygen atoms in total. The van der Waals surface area contributed by atoms with Crippen LogP contribution in [-0.4, -0.2) is 61.7 Å².